The van der Waals surface area contributed by atoms with Crippen LogP contribution in [-0.2, 0) is 19.3 Å². The maximum absolute atomic E-state index is 12.6. The number of aryl methyl sites for hydroxylation is 1. The van der Waals surface area contributed by atoms with Gasteiger partial charge in [-0.15, -0.1) is 0 Å². The predicted octanol–water partition coefficient (Wildman–Crippen LogP) is 4.47. The third-order valence-corrected chi connectivity index (χ3v) is 8.03. The Hall–Kier alpha value is -3.56. The summed E-state index contributed by atoms with van der Waals surface area (Å²) >= 11 is 0. The van der Waals surface area contributed by atoms with E-state index in [0.29, 0.717) is 30.2 Å². The van der Waals surface area contributed by atoms with Crippen molar-refractivity contribution in [2.45, 2.75) is 37.1 Å². The number of hydrogen-bond donors (Lipinski definition) is 1. The average Bonchev–Trinajstić information content (AvgIpc) is 2.93. The molecular formula is C29H33N3O5S. The lowest BCUT2D eigenvalue weighted by Gasteiger charge is -2.38. The van der Waals surface area contributed by atoms with Gasteiger partial charge in [0.15, 0.2) is 21.9 Å². The Morgan fingerprint density at radius 2 is 2.03 bits per heavy atom. The molecule has 38 heavy (non-hydrogen) atoms. The van der Waals surface area contributed by atoms with E-state index in [2.05, 4.69) is 27.4 Å². The normalized spacial score (nSPS) is 19.6. The fourth-order valence-electron chi connectivity index (χ4n) is 4.92. The van der Waals surface area contributed by atoms with Gasteiger partial charge in [-0.25, -0.2) is 13.4 Å². The van der Waals surface area contributed by atoms with E-state index in [1.165, 1.54) is 6.26 Å². The number of ether oxygens (including phenoxy) is 3. The summed E-state index contributed by atoms with van der Waals surface area (Å²) in [5.74, 6) is 1.53. The molecule has 0 spiro atoms. The van der Waals surface area contributed by atoms with Gasteiger partial charge in [-0.1, -0.05) is 48.6 Å². The van der Waals surface area contributed by atoms with E-state index < -0.39 is 9.84 Å². The minimum Gasteiger partial charge on any atom is -0.477 e. The molecule has 3 aliphatic rings. The van der Waals surface area contributed by atoms with Crippen LogP contribution in [0.15, 0.2) is 89.3 Å². The fourth-order valence-corrected chi connectivity index (χ4v) is 5.98. The third kappa shape index (κ3) is 5.95. The van der Waals surface area contributed by atoms with Crippen LogP contribution in [0.25, 0.3) is 11.3 Å². The molecule has 1 atom stereocenters. The lowest BCUT2D eigenvalue weighted by molar-refractivity contribution is 0.0774. The molecule has 1 aromatic carbocycles. The number of nitrogens with one attached hydrogen (secondary N) is 1. The highest BCUT2D eigenvalue weighted by atomic mass is 32.2. The summed E-state index contributed by atoms with van der Waals surface area (Å²) in [6, 6.07) is 11.5. The van der Waals surface area contributed by atoms with Gasteiger partial charge in [0.2, 0.25) is 11.8 Å². The van der Waals surface area contributed by atoms with Crippen LogP contribution in [0.2, 0.25) is 0 Å². The second-order valence-electron chi connectivity index (χ2n) is 9.62. The Bertz CT molecular complexity index is 1400. The maximum atomic E-state index is 12.6. The number of pyridine rings is 1. The Morgan fingerprint density at radius 1 is 1.18 bits per heavy atom. The van der Waals surface area contributed by atoms with Crippen molar-refractivity contribution in [3.63, 3.8) is 0 Å². The minimum absolute atomic E-state index is 0.0745. The number of sulfone groups is 1. The summed E-state index contributed by atoms with van der Waals surface area (Å²) in [5.41, 5.74) is 3.31. The number of benzene rings is 1. The lowest BCUT2D eigenvalue weighted by atomic mass is 10.0. The van der Waals surface area contributed by atoms with E-state index in [1.54, 1.807) is 25.5 Å². The van der Waals surface area contributed by atoms with Gasteiger partial charge < -0.3 is 24.4 Å². The zero-order valence-corrected chi connectivity index (χ0v) is 22.5. The minimum atomic E-state index is -3.53. The van der Waals surface area contributed by atoms with Crippen molar-refractivity contribution in [3.05, 3.63) is 89.9 Å². The molecule has 5 rings (SSSR count). The number of aromatic nitrogens is 1. The first-order valence-corrected chi connectivity index (χ1v) is 14.8. The van der Waals surface area contributed by atoms with E-state index >= 15 is 0 Å². The van der Waals surface area contributed by atoms with Gasteiger partial charge >= 0.3 is 0 Å². The van der Waals surface area contributed by atoms with Crippen LogP contribution in [0, 0.1) is 6.92 Å². The quantitative estimate of drug-likeness (QED) is 0.530. The van der Waals surface area contributed by atoms with E-state index in [0.717, 1.165) is 49.4 Å². The summed E-state index contributed by atoms with van der Waals surface area (Å²) in [6.07, 6.45) is 13.3. The Kier molecular flexibility index (Phi) is 7.85. The van der Waals surface area contributed by atoms with Crippen molar-refractivity contribution in [1.29, 1.82) is 0 Å². The van der Waals surface area contributed by atoms with Gasteiger partial charge in [-0.05, 0) is 37.0 Å². The number of hydrogen-bond acceptors (Lipinski definition) is 8. The first-order valence-electron chi connectivity index (χ1n) is 12.9. The van der Waals surface area contributed by atoms with E-state index in [4.69, 9.17) is 14.2 Å². The van der Waals surface area contributed by atoms with E-state index in [1.807, 2.05) is 36.4 Å². The molecule has 9 heteroatoms. The second kappa shape index (κ2) is 11.4. The molecule has 0 amide bonds. The smallest absolute Gasteiger partial charge is 0.233 e. The SMILES string of the molecule is Cc1cc(-c2ccccc2)nc(OCCC2CNCCN2C2=COC(C3=CC=CCC3)=CO2)c1S(C)(=O)=O. The summed E-state index contributed by atoms with van der Waals surface area (Å²) in [6.45, 7) is 4.39. The molecule has 1 aliphatic carbocycles. The van der Waals surface area contributed by atoms with Crippen molar-refractivity contribution in [2.75, 3.05) is 32.5 Å². The first-order chi connectivity index (χ1) is 18.4. The average molecular weight is 536 g/mol. The molecule has 1 unspecified atom stereocenters. The molecule has 200 valence electrons. The van der Waals surface area contributed by atoms with E-state index in [-0.39, 0.29) is 16.8 Å². The molecule has 1 aromatic heterocycles. The third-order valence-electron chi connectivity index (χ3n) is 6.79. The fraction of sp³-hybridized carbons (Fsp3) is 0.345. The summed E-state index contributed by atoms with van der Waals surface area (Å²) in [7, 11) is -3.53. The standard InChI is InChI=1S/C29H33N3O5S/c1-21-17-25(22-9-5-3-6-10-22)31-29(28(21)38(2,33)34)35-16-13-24-18-30-14-15-32(24)27-20-36-26(19-37-27)23-11-7-4-8-12-23/h3-7,9-11,17,19-20,24,30H,8,12-16,18H2,1-2H3. The van der Waals surface area contributed by atoms with E-state index in [9.17, 15) is 8.42 Å². The van der Waals surface area contributed by atoms with Gasteiger partial charge in [-0.2, -0.15) is 0 Å². The van der Waals surface area contributed by atoms with Crippen molar-refractivity contribution >= 4 is 9.84 Å². The van der Waals surface area contributed by atoms with Crippen LogP contribution >= 0.6 is 0 Å². The van der Waals surface area contributed by atoms with Crippen molar-refractivity contribution in [2.24, 2.45) is 0 Å². The molecule has 3 heterocycles. The van der Waals surface area contributed by atoms with Crippen molar-refractivity contribution in [3.8, 4) is 17.1 Å². The molecule has 0 bridgehead atoms. The molecular weight excluding hydrogens is 502 g/mol. The monoisotopic (exact) mass is 535 g/mol. The van der Waals surface area contributed by atoms with Crippen LogP contribution in [0.3, 0.4) is 0 Å². The van der Waals surface area contributed by atoms with Crippen LogP contribution in [0.5, 0.6) is 5.88 Å². The van der Waals surface area contributed by atoms with Crippen LogP contribution in [0.1, 0.15) is 24.8 Å². The van der Waals surface area contributed by atoms with Gasteiger partial charge in [0.25, 0.3) is 0 Å². The highest BCUT2D eigenvalue weighted by molar-refractivity contribution is 7.90. The summed E-state index contributed by atoms with van der Waals surface area (Å²) < 4.78 is 43.2. The number of rotatable bonds is 8. The highest BCUT2D eigenvalue weighted by Gasteiger charge is 2.28. The van der Waals surface area contributed by atoms with Crippen LogP contribution in [-0.4, -0.2) is 56.8 Å². The molecule has 1 fully saturated rings. The van der Waals surface area contributed by atoms with Crippen LogP contribution in [0.4, 0.5) is 0 Å². The maximum Gasteiger partial charge on any atom is 0.233 e. The molecule has 2 aliphatic heterocycles. The second-order valence-corrected chi connectivity index (χ2v) is 11.6. The first kappa shape index (κ1) is 26.1. The molecule has 8 nitrogen and oxygen atoms in total. The summed E-state index contributed by atoms with van der Waals surface area (Å²) in [4.78, 5) is 6.91. The summed E-state index contributed by atoms with van der Waals surface area (Å²) in [5, 5.41) is 3.42. The van der Waals surface area contributed by atoms with Gasteiger partial charge in [0, 0.05) is 43.9 Å². The predicted molar refractivity (Wildman–Crippen MR) is 146 cm³/mol. The van der Waals surface area contributed by atoms with Gasteiger partial charge in [0.1, 0.15) is 11.2 Å². The van der Waals surface area contributed by atoms with Gasteiger partial charge in [0.05, 0.1) is 12.3 Å². The molecule has 0 radical (unpaired) electrons. The van der Waals surface area contributed by atoms with Gasteiger partial charge in [-0.3, -0.25) is 0 Å². The number of piperazine rings is 1. The largest absolute Gasteiger partial charge is 0.477 e. The Labute approximate surface area is 224 Å². The Morgan fingerprint density at radius 3 is 2.74 bits per heavy atom. The Balaban J connectivity index is 1.28. The molecule has 2 aromatic rings. The van der Waals surface area contributed by atoms with Crippen LogP contribution < -0.4 is 10.1 Å². The highest BCUT2D eigenvalue weighted by Crippen LogP contribution is 2.31. The molecule has 1 N–H and O–H groups in total. The molecule has 1 saturated heterocycles. The zero-order valence-electron chi connectivity index (χ0n) is 21.7. The number of allylic oxidation sites excluding steroid dienone is 4. The van der Waals surface area contributed by atoms with Crippen molar-refractivity contribution < 1.29 is 22.6 Å². The number of nitrogens with zero attached hydrogens (tertiary/aromatic N) is 2. The zero-order chi connectivity index (χ0) is 26.5. The lowest BCUT2D eigenvalue weighted by Crippen LogP contribution is -2.51. The van der Waals surface area contributed by atoms with Crippen molar-refractivity contribution in [1.82, 2.24) is 15.2 Å². The topological polar surface area (TPSA) is 90.0 Å². The molecule has 0 saturated carbocycles.